The van der Waals surface area contributed by atoms with Crippen molar-refractivity contribution in [1.29, 1.82) is 0 Å². The predicted octanol–water partition coefficient (Wildman–Crippen LogP) is 1.42. The molecule has 0 saturated carbocycles. The summed E-state index contributed by atoms with van der Waals surface area (Å²) in [6.07, 6.45) is 2.38. The average molecular weight is 156 g/mol. The molecule has 0 spiro atoms. The minimum atomic E-state index is -0.0242. The van der Waals surface area contributed by atoms with Crippen LogP contribution in [-0.2, 0) is 0 Å². The van der Waals surface area contributed by atoms with Crippen LogP contribution < -0.4 is 0 Å². The van der Waals surface area contributed by atoms with E-state index in [1.54, 1.807) is 6.42 Å². The van der Waals surface area contributed by atoms with E-state index in [1.807, 2.05) is 0 Å². The van der Waals surface area contributed by atoms with Crippen molar-refractivity contribution in [3.05, 3.63) is 6.42 Å². The first-order valence-corrected chi connectivity index (χ1v) is 3.41. The molecule has 8 heavy (non-hydrogen) atoms. The van der Waals surface area contributed by atoms with E-state index in [1.165, 1.54) is 0 Å². The monoisotopic (exact) mass is 155 g/mol. The summed E-state index contributed by atoms with van der Waals surface area (Å²) in [5, 5.41) is 8.23. The molecule has 0 saturated heterocycles. The summed E-state index contributed by atoms with van der Waals surface area (Å²) >= 11 is 10.9. The third kappa shape index (κ3) is 4.69. The van der Waals surface area contributed by atoms with Gasteiger partial charge in [0.05, 0.1) is 0 Å². The van der Waals surface area contributed by atoms with Crippen LogP contribution in [0.2, 0.25) is 0 Å². The summed E-state index contributed by atoms with van der Waals surface area (Å²) in [4.78, 5) is 0. The lowest BCUT2D eigenvalue weighted by atomic mass is 10.3. The Labute approximate surface area is 59.6 Å². The molecule has 0 aromatic carbocycles. The van der Waals surface area contributed by atoms with Crippen molar-refractivity contribution in [3.8, 4) is 0 Å². The van der Waals surface area contributed by atoms with E-state index in [9.17, 15) is 0 Å². The van der Waals surface area contributed by atoms with Crippen LogP contribution in [0.3, 0.4) is 0 Å². The third-order valence-electron chi connectivity index (χ3n) is 0.719. The Hall–Kier alpha value is 0.540. The molecule has 1 N–H and O–H groups in total. The Kier molecular flexibility index (Phi) is 6.06. The second-order valence-electron chi connectivity index (χ2n) is 1.46. The second kappa shape index (κ2) is 5.67. The van der Waals surface area contributed by atoms with E-state index in [-0.39, 0.29) is 12.0 Å². The number of aliphatic hydroxyl groups excluding tert-OH is 1. The van der Waals surface area contributed by atoms with E-state index in [4.69, 9.17) is 28.3 Å². The summed E-state index contributed by atoms with van der Waals surface area (Å²) in [6, 6.07) is 0. The molecule has 1 atom stereocenters. The van der Waals surface area contributed by atoms with Gasteiger partial charge in [0.1, 0.15) is 0 Å². The van der Waals surface area contributed by atoms with Gasteiger partial charge < -0.3 is 5.11 Å². The van der Waals surface area contributed by atoms with Crippen molar-refractivity contribution in [2.45, 2.75) is 11.8 Å². The molecule has 1 unspecified atom stereocenters. The standard InChI is InChI=1S/C5H9Cl2O/c6-4-5(7)2-1-3-8/h1,5,8H,2-4H2. The highest BCUT2D eigenvalue weighted by molar-refractivity contribution is 6.28. The number of hydrogen-bond acceptors (Lipinski definition) is 1. The lowest BCUT2D eigenvalue weighted by Crippen LogP contribution is -2.01. The molecule has 0 aliphatic carbocycles. The van der Waals surface area contributed by atoms with Crippen LogP contribution in [0.25, 0.3) is 0 Å². The maximum absolute atomic E-state index is 8.25. The molecule has 0 aromatic rings. The summed E-state index contributed by atoms with van der Waals surface area (Å²) in [6.45, 7) is 0.0834. The summed E-state index contributed by atoms with van der Waals surface area (Å²) < 4.78 is 0. The molecule has 0 fully saturated rings. The topological polar surface area (TPSA) is 20.2 Å². The number of halogens is 2. The lowest BCUT2D eigenvalue weighted by Gasteiger charge is -2.00. The largest absolute Gasteiger partial charge is 0.396 e. The van der Waals surface area contributed by atoms with Gasteiger partial charge in [0, 0.05) is 17.9 Å². The van der Waals surface area contributed by atoms with E-state index in [0.717, 1.165) is 0 Å². The second-order valence-corrected chi connectivity index (χ2v) is 2.38. The van der Waals surface area contributed by atoms with E-state index >= 15 is 0 Å². The van der Waals surface area contributed by atoms with Crippen LogP contribution in [-0.4, -0.2) is 23.0 Å². The van der Waals surface area contributed by atoms with Gasteiger partial charge in [-0.3, -0.25) is 0 Å². The molecule has 3 heteroatoms. The van der Waals surface area contributed by atoms with Gasteiger partial charge in [0.25, 0.3) is 0 Å². The first-order valence-electron chi connectivity index (χ1n) is 2.43. The molecule has 0 aromatic heterocycles. The fourth-order valence-electron chi connectivity index (χ4n) is 0.318. The molecular formula is C5H9Cl2O. The van der Waals surface area contributed by atoms with Gasteiger partial charge in [-0.15, -0.1) is 23.2 Å². The summed E-state index contributed by atoms with van der Waals surface area (Å²) in [7, 11) is 0. The van der Waals surface area contributed by atoms with Crippen LogP contribution in [0.4, 0.5) is 0 Å². The number of alkyl halides is 2. The molecule has 1 nitrogen and oxygen atoms in total. The number of hydrogen-bond donors (Lipinski definition) is 1. The zero-order valence-electron chi connectivity index (χ0n) is 4.48. The maximum atomic E-state index is 8.25. The molecule has 0 aliphatic rings. The van der Waals surface area contributed by atoms with Crippen LogP contribution in [0.15, 0.2) is 0 Å². The SMILES string of the molecule is OC[CH]CC(Cl)CCl. The zero-order valence-corrected chi connectivity index (χ0v) is 5.99. The Morgan fingerprint density at radius 3 is 2.62 bits per heavy atom. The molecule has 0 bridgehead atoms. The maximum Gasteiger partial charge on any atom is 0.0475 e. The molecule has 49 valence electrons. The normalized spacial score (nSPS) is 13.9. The van der Waals surface area contributed by atoms with E-state index in [0.29, 0.717) is 12.3 Å². The molecule has 1 radical (unpaired) electrons. The van der Waals surface area contributed by atoms with Gasteiger partial charge >= 0.3 is 0 Å². The van der Waals surface area contributed by atoms with Gasteiger partial charge in [-0.05, 0) is 12.8 Å². The molecule has 0 aliphatic heterocycles. The molecule has 0 rings (SSSR count). The minimum absolute atomic E-state index is 0.0242. The highest BCUT2D eigenvalue weighted by Gasteiger charge is 1.99. The van der Waals surface area contributed by atoms with Crippen molar-refractivity contribution < 1.29 is 5.11 Å². The highest BCUT2D eigenvalue weighted by Crippen LogP contribution is 2.05. The van der Waals surface area contributed by atoms with Crippen molar-refractivity contribution >= 4 is 23.2 Å². The molecule has 0 amide bonds. The molecular weight excluding hydrogens is 147 g/mol. The Morgan fingerprint density at radius 2 is 2.25 bits per heavy atom. The minimum Gasteiger partial charge on any atom is -0.396 e. The van der Waals surface area contributed by atoms with Gasteiger partial charge in [-0.2, -0.15) is 0 Å². The number of aliphatic hydroxyl groups is 1. The Balaban J connectivity index is 2.86. The first-order chi connectivity index (χ1) is 3.81. The van der Waals surface area contributed by atoms with Crippen molar-refractivity contribution in [2.24, 2.45) is 0 Å². The highest BCUT2D eigenvalue weighted by atomic mass is 35.5. The van der Waals surface area contributed by atoms with Gasteiger partial charge in [0.2, 0.25) is 0 Å². The van der Waals surface area contributed by atoms with Gasteiger partial charge in [-0.1, -0.05) is 0 Å². The van der Waals surface area contributed by atoms with Crippen molar-refractivity contribution in [2.75, 3.05) is 12.5 Å². The summed E-state index contributed by atoms with van der Waals surface area (Å²) in [5.41, 5.74) is 0. The van der Waals surface area contributed by atoms with Gasteiger partial charge in [-0.25, -0.2) is 0 Å². The smallest absolute Gasteiger partial charge is 0.0475 e. The predicted molar refractivity (Wildman–Crippen MR) is 36.4 cm³/mol. The number of rotatable bonds is 4. The fraction of sp³-hybridized carbons (Fsp3) is 0.800. The van der Waals surface area contributed by atoms with Crippen LogP contribution in [0.1, 0.15) is 6.42 Å². The van der Waals surface area contributed by atoms with Crippen molar-refractivity contribution in [3.63, 3.8) is 0 Å². The molecule has 0 heterocycles. The first kappa shape index (κ1) is 8.54. The van der Waals surface area contributed by atoms with E-state index in [2.05, 4.69) is 0 Å². The zero-order chi connectivity index (χ0) is 6.41. The van der Waals surface area contributed by atoms with Crippen LogP contribution in [0.5, 0.6) is 0 Å². The quantitative estimate of drug-likeness (QED) is 0.610. The fourth-order valence-corrected chi connectivity index (χ4v) is 0.570. The Bertz CT molecular complexity index is 49.7. The lowest BCUT2D eigenvalue weighted by molar-refractivity contribution is 0.323. The van der Waals surface area contributed by atoms with Crippen molar-refractivity contribution in [1.82, 2.24) is 0 Å². The van der Waals surface area contributed by atoms with Crippen LogP contribution in [0, 0.1) is 6.42 Å². The summed E-state index contributed by atoms with van der Waals surface area (Å²) in [5.74, 6) is 0.443. The average Bonchev–Trinajstić information content (AvgIpc) is 1.83. The van der Waals surface area contributed by atoms with Crippen LogP contribution >= 0.6 is 23.2 Å². The Morgan fingerprint density at radius 1 is 1.62 bits per heavy atom. The third-order valence-corrected chi connectivity index (χ3v) is 1.58. The van der Waals surface area contributed by atoms with E-state index < -0.39 is 0 Å². The van der Waals surface area contributed by atoms with Gasteiger partial charge in [0.15, 0.2) is 0 Å².